The number of benzene rings is 2. The second kappa shape index (κ2) is 9.43. The van der Waals surface area contributed by atoms with Crippen LogP contribution in [0.2, 0.25) is 5.02 Å². The summed E-state index contributed by atoms with van der Waals surface area (Å²) in [5.41, 5.74) is 3.77. The minimum atomic E-state index is -0.462. The number of nitro groups is 1. The van der Waals surface area contributed by atoms with Crippen LogP contribution in [0, 0.1) is 10.1 Å². The van der Waals surface area contributed by atoms with E-state index in [-0.39, 0.29) is 23.3 Å². The summed E-state index contributed by atoms with van der Waals surface area (Å²) in [5.74, 6) is 0.988. The summed E-state index contributed by atoms with van der Waals surface area (Å²) < 4.78 is 0. The van der Waals surface area contributed by atoms with Gasteiger partial charge in [0.1, 0.15) is 5.75 Å². The minimum Gasteiger partial charge on any atom is -0.507 e. The van der Waals surface area contributed by atoms with Crippen molar-refractivity contribution >= 4 is 47.0 Å². The molecule has 0 aliphatic carbocycles. The van der Waals surface area contributed by atoms with E-state index in [0.717, 1.165) is 25.9 Å². The third-order valence-electron chi connectivity index (χ3n) is 4.70. The predicted octanol–water partition coefficient (Wildman–Crippen LogP) is 3.93. The number of hydrogen-bond donors (Lipinski definition) is 3. The Kier molecular flexibility index (Phi) is 6.26. The van der Waals surface area contributed by atoms with E-state index in [0.29, 0.717) is 22.2 Å². The number of anilines is 4. The van der Waals surface area contributed by atoms with Gasteiger partial charge in [-0.3, -0.25) is 10.1 Å². The highest BCUT2D eigenvalue weighted by Gasteiger charge is 2.17. The Labute approximate surface area is 187 Å². The smallest absolute Gasteiger partial charge is 0.269 e. The van der Waals surface area contributed by atoms with Crippen LogP contribution in [-0.2, 0) is 0 Å². The van der Waals surface area contributed by atoms with Crippen molar-refractivity contribution in [1.29, 1.82) is 0 Å². The van der Waals surface area contributed by atoms with E-state index >= 15 is 0 Å². The third kappa shape index (κ3) is 5.19. The molecule has 3 aromatic rings. The van der Waals surface area contributed by atoms with Crippen LogP contribution in [0.1, 0.15) is 18.4 Å². The second-order valence-electron chi connectivity index (χ2n) is 6.98. The number of aromatic hydroxyl groups is 1. The molecule has 0 radical (unpaired) electrons. The maximum absolute atomic E-state index is 10.9. The molecular weight excluding hydrogens is 436 g/mol. The van der Waals surface area contributed by atoms with E-state index in [2.05, 4.69) is 30.8 Å². The molecule has 164 valence electrons. The van der Waals surface area contributed by atoms with E-state index in [4.69, 9.17) is 11.6 Å². The van der Waals surface area contributed by atoms with Gasteiger partial charge in [-0.05, 0) is 43.2 Å². The fourth-order valence-corrected chi connectivity index (χ4v) is 3.29. The number of nitrogens with zero attached hydrogens (tertiary/aromatic N) is 6. The SMILES string of the molecule is O=[N+]([O-])c1ccc(Nc2nc(N/N=C/c3cc(Cl)ccc3O)nc(N3CCCC3)n2)cc1. The fraction of sp³-hybridized carbons (Fsp3) is 0.200. The number of aromatic nitrogens is 3. The summed E-state index contributed by atoms with van der Waals surface area (Å²) in [5, 5.41) is 28.4. The molecule has 3 N–H and O–H groups in total. The molecule has 0 unspecified atom stereocenters. The summed E-state index contributed by atoms with van der Waals surface area (Å²) in [4.78, 5) is 25.6. The Morgan fingerprint density at radius 2 is 1.81 bits per heavy atom. The van der Waals surface area contributed by atoms with E-state index in [1.165, 1.54) is 24.4 Å². The molecule has 0 spiro atoms. The molecule has 32 heavy (non-hydrogen) atoms. The molecule has 2 aromatic carbocycles. The summed E-state index contributed by atoms with van der Waals surface area (Å²) in [6, 6.07) is 10.6. The molecule has 1 aliphatic rings. The van der Waals surface area contributed by atoms with Crippen molar-refractivity contribution in [2.75, 3.05) is 28.7 Å². The standard InChI is InChI=1S/C20H19ClN8O3/c21-14-3-8-17(30)13(11-14)12-22-27-19-24-18(25-20(26-19)28-9-1-2-10-28)23-15-4-6-16(7-5-15)29(31)32/h3-8,11-12,30H,1-2,9-10H2,(H2,23,24,25,26,27)/b22-12+. The van der Waals surface area contributed by atoms with Crippen LogP contribution in [0.15, 0.2) is 47.6 Å². The van der Waals surface area contributed by atoms with Crippen LogP contribution in [0.3, 0.4) is 0 Å². The molecule has 4 rings (SSSR count). The summed E-state index contributed by atoms with van der Waals surface area (Å²) >= 11 is 5.95. The van der Waals surface area contributed by atoms with Crippen molar-refractivity contribution in [1.82, 2.24) is 15.0 Å². The average molecular weight is 455 g/mol. The molecule has 1 saturated heterocycles. The van der Waals surface area contributed by atoms with Crippen molar-refractivity contribution in [2.24, 2.45) is 5.10 Å². The number of halogens is 1. The van der Waals surface area contributed by atoms with Crippen LogP contribution >= 0.6 is 11.6 Å². The highest BCUT2D eigenvalue weighted by molar-refractivity contribution is 6.30. The lowest BCUT2D eigenvalue weighted by molar-refractivity contribution is -0.384. The molecule has 12 heteroatoms. The highest BCUT2D eigenvalue weighted by Crippen LogP contribution is 2.23. The molecule has 0 amide bonds. The zero-order valence-electron chi connectivity index (χ0n) is 16.8. The first-order chi connectivity index (χ1) is 15.5. The molecule has 0 bridgehead atoms. The van der Waals surface area contributed by atoms with Gasteiger partial charge < -0.3 is 15.3 Å². The quantitative estimate of drug-likeness (QED) is 0.275. The largest absolute Gasteiger partial charge is 0.507 e. The minimum absolute atomic E-state index is 0.00934. The molecule has 1 aliphatic heterocycles. The predicted molar refractivity (Wildman–Crippen MR) is 122 cm³/mol. The van der Waals surface area contributed by atoms with Gasteiger partial charge in [0.05, 0.1) is 11.1 Å². The first kappa shape index (κ1) is 21.2. The van der Waals surface area contributed by atoms with Crippen molar-refractivity contribution in [3.63, 3.8) is 0 Å². The molecule has 0 saturated carbocycles. The van der Waals surface area contributed by atoms with E-state index in [1.807, 2.05) is 4.90 Å². The first-order valence-electron chi connectivity index (χ1n) is 9.78. The maximum Gasteiger partial charge on any atom is 0.269 e. The number of rotatable bonds is 7. The number of hydrazone groups is 1. The zero-order valence-corrected chi connectivity index (χ0v) is 17.5. The van der Waals surface area contributed by atoms with E-state index in [1.54, 1.807) is 24.3 Å². The number of nitro benzene ring substituents is 1. The molecule has 1 aromatic heterocycles. The van der Waals surface area contributed by atoms with Gasteiger partial charge >= 0.3 is 0 Å². The second-order valence-corrected chi connectivity index (χ2v) is 7.42. The maximum atomic E-state index is 10.9. The summed E-state index contributed by atoms with van der Waals surface area (Å²) in [6.07, 6.45) is 3.50. The average Bonchev–Trinajstić information content (AvgIpc) is 3.31. The molecule has 0 atom stereocenters. The van der Waals surface area contributed by atoms with Crippen molar-refractivity contribution in [2.45, 2.75) is 12.8 Å². The third-order valence-corrected chi connectivity index (χ3v) is 4.94. The number of phenols is 1. The molecule has 11 nitrogen and oxygen atoms in total. The van der Waals surface area contributed by atoms with E-state index in [9.17, 15) is 15.2 Å². The number of nitrogens with one attached hydrogen (secondary N) is 2. The normalized spacial score (nSPS) is 13.5. The zero-order chi connectivity index (χ0) is 22.5. The lowest BCUT2D eigenvalue weighted by Gasteiger charge is -2.16. The Morgan fingerprint density at radius 1 is 1.09 bits per heavy atom. The van der Waals surface area contributed by atoms with Crippen LogP contribution in [0.25, 0.3) is 0 Å². The van der Waals surface area contributed by atoms with Gasteiger partial charge in [-0.2, -0.15) is 20.1 Å². The monoisotopic (exact) mass is 454 g/mol. The molecule has 1 fully saturated rings. The highest BCUT2D eigenvalue weighted by atomic mass is 35.5. The van der Waals surface area contributed by atoms with Crippen molar-refractivity contribution < 1.29 is 10.0 Å². The summed E-state index contributed by atoms with van der Waals surface area (Å²) in [7, 11) is 0. The lowest BCUT2D eigenvalue weighted by atomic mass is 10.2. The Balaban J connectivity index is 1.57. The fourth-order valence-electron chi connectivity index (χ4n) is 3.11. The van der Waals surface area contributed by atoms with Gasteiger partial charge in [0.2, 0.25) is 17.8 Å². The van der Waals surface area contributed by atoms with Crippen LogP contribution in [0.5, 0.6) is 5.75 Å². The number of hydrogen-bond acceptors (Lipinski definition) is 10. The summed E-state index contributed by atoms with van der Waals surface area (Å²) in [6.45, 7) is 1.67. The van der Waals surface area contributed by atoms with Gasteiger partial charge in [-0.25, -0.2) is 5.43 Å². The molecule has 2 heterocycles. The van der Waals surface area contributed by atoms with Crippen LogP contribution in [0.4, 0.5) is 29.2 Å². The van der Waals surface area contributed by atoms with Crippen LogP contribution in [-0.4, -0.2) is 44.3 Å². The van der Waals surface area contributed by atoms with Gasteiger partial charge in [-0.1, -0.05) is 11.6 Å². The Morgan fingerprint density at radius 3 is 2.53 bits per heavy atom. The molecular formula is C20H19ClN8O3. The number of phenolic OH excluding ortho intramolecular Hbond substituents is 1. The van der Waals surface area contributed by atoms with Gasteiger partial charge in [0.25, 0.3) is 5.69 Å². The Hall–Kier alpha value is -3.99. The Bertz CT molecular complexity index is 1150. The van der Waals surface area contributed by atoms with Crippen molar-refractivity contribution in [3.05, 3.63) is 63.2 Å². The lowest BCUT2D eigenvalue weighted by Crippen LogP contribution is -2.21. The van der Waals surface area contributed by atoms with Gasteiger partial charge in [0.15, 0.2) is 0 Å². The van der Waals surface area contributed by atoms with Gasteiger partial charge in [-0.15, -0.1) is 0 Å². The van der Waals surface area contributed by atoms with Crippen LogP contribution < -0.4 is 15.6 Å². The van der Waals surface area contributed by atoms with Gasteiger partial charge in [0, 0.05) is 41.5 Å². The topological polar surface area (TPSA) is 142 Å². The van der Waals surface area contributed by atoms with E-state index < -0.39 is 4.92 Å². The first-order valence-corrected chi connectivity index (χ1v) is 10.2. The number of non-ortho nitro benzene ring substituents is 1. The van der Waals surface area contributed by atoms with Crippen molar-refractivity contribution in [3.8, 4) is 5.75 Å².